The first-order valence-corrected chi connectivity index (χ1v) is 7.29. The van der Waals surface area contributed by atoms with Crippen molar-refractivity contribution in [2.75, 3.05) is 7.05 Å². The van der Waals surface area contributed by atoms with E-state index in [1.54, 1.807) is 0 Å². The molecular weight excluding hydrogens is 226 g/mol. The predicted octanol–water partition coefficient (Wildman–Crippen LogP) is 2.25. The molecule has 0 aromatic heterocycles. The molecule has 0 spiro atoms. The highest BCUT2D eigenvalue weighted by molar-refractivity contribution is 5.96. The smallest absolute Gasteiger partial charge is 0.230 e. The number of hydrogen-bond donors (Lipinski definition) is 0. The first-order chi connectivity index (χ1) is 8.54. The number of ketones is 1. The summed E-state index contributed by atoms with van der Waals surface area (Å²) < 4.78 is 0. The number of carbonyl (C=O) groups is 2. The Morgan fingerprint density at radius 3 is 1.94 bits per heavy atom. The van der Waals surface area contributed by atoms with Crippen molar-refractivity contribution in [3.8, 4) is 0 Å². The average molecular weight is 249 g/mol. The zero-order valence-electron chi connectivity index (χ0n) is 11.4. The minimum atomic E-state index is -0.0179. The molecule has 100 valence electrons. The number of nitrogens with zero attached hydrogens (tertiary/aromatic N) is 1. The van der Waals surface area contributed by atoms with Crippen molar-refractivity contribution in [3.63, 3.8) is 0 Å². The third-order valence-electron chi connectivity index (χ3n) is 5.42. The van der Waals surface area contributed by atoms with E-state index in [9.17, 15) is 9.59 Å². The Morgan fingerprint density at radius 2 is 1.50 bits per heavy atom. The molecular formula is C15H23NO2. The van der Waals surface area contributed by atoms with Gasteiger partial charge in [0.2, 0.25) is 5.91 Å². The van der Waals surface area contributed by atoms with Crippen LogP contribution in [0.1, 0.15) is 45.4 Å². The van der Waals surface area contributed by atoms with Gasteiger partial charge in [-0.25, -0.2) is 0 Å². The quantitative estimate of drug-likeness (QED) is 0.719. The highest BCUT2D eigenvalue weighted by atomic mass is 16.2. The van der Waals surface area contributed by atoms with Crippen molar-refractivity contribution >= 4 is 11.7 Å². The molecule has 4 saturated carbocycles. The molecule has 0 unspecified atom stereocenters. The van der Waals surface area contributed by atoms with Gasteiger partial charge in [0.15, 0.2) is 0 Å². The average Bonchev–Trinajstić information content (AvgIpc) is 2.26. The zero-order chi connectivity index (χ0) is 12.9. The maximum atomic E-state index is 12.1. The summed E-state index contributed by atoms with van der Waals surface area (Å²) in [5.74, 6) is 3.29. The monoisotopic (exact) mass is 249 g/mol. The zero-order valence-corrected chi connectivity index (χ0v) is 11.4. The van der Waals surface area contributed by atoms with E-state index < -0.39 is 0 Å². The van der Waals surface area contributed by atoms with Crippen LogP contribution in [0, 0.1) is 23.7 Å². The molecule has 4 aliphatic carbocycles. The summed E-state index contributed by atoms with van der Waals surface area (Å²) in [6, 6.07) is 0.421. The van der Waals surface area contributed by atoms with Gasteiger partial charge >= 0.3 is 0 Å². The molecule has 0 aromatic rings. The van der Waals surface area contributed by atoms with Gasteiger partial charge in [-0.3, -0.25) is 9.59 Å². The standard InChI is InChI=1S/C15H23NO2/c1-9(17)3-14(18)16(2)15-12-5-10-4-11(7-12)8-13(15)6-10/h10-13,15H,3-8H2,1-2H3. The highest BCUT2D eigenvalue weighted by Crippen LogP contribution is 2.54. The molecule has 0 radical (unpaired) electrons. The molecule has 0 atom stereocenters. The predicted molar refractivity (Wildman–Crippen MR) is 68.9 cm³/mol. The van der Waals surface area contributed by atoms with Gasteiger partial charge in [0.25, 0.3) is 0 Å². The maximum Gasteiger partial charge on any atom is 0.230 e. The van der Waals surface area contributed by atoms with Gasteiger partial charge in [0, 0.05) is 13.1 Å². The van der Waals surface area contributed by atoms with Crippen LogP contribution in [-0.4, -0.2) is 29.7 Å². The van der Waals surface area contributed by atoms with Gasteiger partial charge in [0.1, 0.15) is 5.78 Å². The normalized spacial score (nSPS) is 40.9. The number of rotatable bonds is 3. The highest BCUT2D eigenvalue weighted by Gasteiger charge is 2.50. The molecule has 0 heterocycles. The third kappa shape index (κ3) is 1.98. The van der Waals surface area contributed by atoms with Gasteiger partial charge in [-0.1, -0.05) is 0 Å². The second-order valence-electron chi connectivity index (χ2n) is 6.80. The van der Waals surface area contributed by atoms with Gasteiger partial charge in [0.05, 0.1) is 6.42 Å². The summed E-state index contributed by atoms with van der Waals surface area (Å²) in [5, 5.41) is 0. The molecule has 4 bridgehead atoms. The Balaban J connectivity index is 1.72. The van der Waals surface area contributed by atoms with Crippen molar-refractivity contribution in [1.82, 2.24) is 4.90 Å². The summed E-state index contributed by atoms with van der Waals surface area (Å²) in [5.41, 5.74) is 0. The van der Waals surface area contributed by atoms with Crippen LogP contribution in [0.5, 0.6) is 0 Å². The lowest BCUT2D eigenvalue weighted by Crippen LogP contribution is -2.56. The SMILES string of the molecule is CC(=O)CC(=O)N(C)C1C2CC3CC(C2)CC1C3. The van der Waals surface area contributed by atoms with Crippen LogP contribution in [-0.2, 0) is 9.59 Å². The van der Waals surface area contributed by atoms with Crippen molar-refractivity contribution in [2.45, 2.75) is 51.5 Å². The van der Waals surface area contributed by atoms with Gasteiger partial charge < -0.3 is 4.90 Å². The number of Topliss-reactive ketones (excluding diaryl/α,β-unsaturated/α-hetero) is 1. The van der Waals surface area contributed by atoms with Crippen LogP contribution in [0.15, 0.2) is 0 Å². The van der Waals surface area contributed by atoms with Crippen molar-refractivity contribution < 1.29 is 9.59 Å². The largest absolute Gasteiger partial charge is 0.342 e. The first-order valence-electron chi connectivity index (χ1n) is 7.29. The van der Waals surface area contributed by atoms with Crippen LogP contribution in [0.2, 0.25) is 0 Å². The van der Waals surface area contributed by atoms with Gasteiger partial charge in [-0.05, 0) is 62.7 Å². The second kappa shape index (κ2) is 4.36. The van der Waals surface area contributed by atoms with Crippen LogP contribution in [0.25, 0.3) is 0 Å². The first kappa shape index (κ1) is 12.2. The summed E-state index contributed by atoms with van der Waals surface area (Å²) >= 11 is 0. The molecule has 3 heteroatoms. The molecule has 3 nitrogen and oxygen atoms in total. The van der Waals surface area contributed by atoms with E-state index in [-0.39, 0.29) is 18.1 Å². The fourth-order valence-electron chi connectivity index (χ4n) is 5.03. The molecule has 4 rings (SSSR count). The molecule has 4 aliphatic rings. The Labute approximate surface area is 109 Å². The summed E-state index contributed by atoms with van der Waals surface area (Å²) in [6.07, 6.45) is 6.78. The molecule has 0 saturated heterocycles. The molecule has 4 fully saturated rings. The van der Waals surface area contributed by atoms with Crippen LogP contribution in [0.4, 0.5) is 0 Å². The Hall–Kier alpha value is -0.860. The minimum absolute atomic E-state index is 0.0179. The van der Waals surface area contributed by atoms with Crippen LogP contribution >= 0.6 is 0 Å². The maximum absolute atomic E-state index is 12.1. The Morgan fingerprint density at radius 1 is 1.00 bits per heavy atom. The number of carbonyl (C=O) groups excluding carboxylic acids is 2. The van der Waals surface area contributed by atoms with E-state index in [4.69, 9.17) is 0 Å². The molecule has 1 amide bonds. The van der Waals surface area contributed by atoms with Crippen molar-refractivity contribution in [1.29, 1.82) is 0 Å². The van der Waals surface area contributed by atoms with E-state index >= 15 is 0 Å². The minimum Gasteiger partial charge on any atom is -0.342 e. The fraction of sp³-hybridized carbons (Fsp3) is 0.867. The molecule has 0 aromatic carbocycles. The molecule has 0 aliphatic heterocycles. The van der Waals surface area contributed by atoms with E-state index in [2.05, 4.69) is 0 Å². The Bertz CT molecular complexity index is 349. The van der Waals surface area contributed by atoms with E-state index in [0.717, 1.165) is 11.8 Å². The second-order valence-corrected chi connectivity index (χ2v) is 6.80. The number of hydrogen-bond acceptors (Lipinski definition) is 2. The Kier molecular flexibility index (Phi) is 2.95. The third-order valence-corrected chi connectivity index (χ3v) is 5.42. The van der Waals surface area contributed by atoms with Crippen LogP contribution < -0.4 is 0 Å². The van der Waals surface area contributed by atoms with Gasteiger partial charge in [-0.15, -0.1) is 0 Å². The lowest BCUT2D eigenvalue weighted by atomic mass is 9.54. The lowest BCUT2D eigenvalue weighted by molar-refractivity contribution is -0.143. The topological polar surface area (TPSA) is 37.4 Å². The van der Waals surface area contributed by atoms with Crippen molar-refractivity contribution in [2.24, 2.45) is 23.7 Å². The van der Waals surface area contributed by atoms with Crippen LogP contribution in [0.3, 0.4) is 0 Å². The van der Waals surface area contributed by atoms with E-state index in [1.165, 1.54) is 39.0 Å². The van der Waals surface area contributed by atoms with Gasteiger partial charge in [-0.2, -0.15) is 0 Å². The molecule has 0 N–H and O–H groups in total. The summed E-state index contributed by atoms with van der Waals surface area (Å²) in [4.78, 5) is 25.1. The van der Waals surface area contributed by atoms with E-state index in [1.807, 2.05) is 11.9 Å². The fourth-order valence-corrected chi connectivity index (χ4v) is 5.03. The lowest BCUT2D eigenvalue weighted by Gasteiger charge is -2.56. The summed E-state index contributed by atoms with van der Waals surface area (Å²) in [7, 11) is 1.91. The molecule has 18 heavy (non-hydrogen) atoms. The number of amides is 1. The van der Waals surface area contributed by atoms with Crippen molar-refractivity contribution in [3.05, 3.63) is 0 Å². The van der Waals surface area contributed by atoms with E-state index in [0.29, 0.717) is 17.9 Å². The summed E-state index contributed by atoms with van der Waals surface area (Å²) in [6.45, 7) is 1.50.